The minimum Gasteiger partial charge on any atom is -0.311 e. The van der Waals surface area contributed by atoms with Gasteiger partial charge in [0.15, 0.2) is 0 Å². The van der Waals surface area contributed by atoms with Crippen LogP contribution in [0.25, 0.3) is 0 Å². The summed E-state index contributed by atoms with van der Waals surface area (Å²) in [7, 11) is 0. The fourth-order valence-electron chi connectivity index (χ4n) is 3.35. The second-order valence-corrected chi connectivity index (χ2v) is 6.19. The van der Waals surface area contributed by atoms with E-state index >= 15 is 0 Å². The van der Waals surface area contributed by atoms with E-state index in [0.717, 1.165) is 18.5 Å². The van der Waals surface area contributed by atoms with Crippen molar-refractivity contribution in [3.05, 3.63) is 35.9 Å². The largest absolute Gasteiger partial charge is 0.311 e. The standard InChI is InChI=1S/C17H26N2/c1-2-10-19-13-17(15-8-9-15)18-12-16(19)11-14-6-4-3-5-7-14/h3-7,15-18H,2,8-13H2,1H3. The van der Waals surface area contributed by atoms with Crippen LogP contribution in [0.3, 0.4) is 0 Å². The number of hydrogen-bond acceptors (Lipinski definition) is 2. The molecular weight excluding hydrogens is 232 g/mol. The molecule has 2 fully saturated rings. The molecular formula is C17H26N2. The summed E-state index contributed by atoms with van der Waals surface area (Å²) >= 11 is 0. The summed E-state index contributed by atoms with van der Waals surface area (Å²) < 4.78 is 0. The summed E-state index contributed by atoms with van der Waals surface area (Å²) in [5.41, 5.74) is 1.47. The maximum Gasteiger partial charge on any atom is 0.0261 e. The van der Waals surface area contributed by atoms with Gasteiger partial charge >= 0.3 is 0 Å². The van der Waals surface area contributed by atoms with Crippen molar-refractivity contribution < 1.29 is 0 Å². The molecule has 19 heavy (non-hydrogen) atoms. The van der Waals surface area contributed by atoms with Gasteiger partial charge in [-0.05, 0) is 43.7 Å². The van der Waals surface area contributed by atoms with E-state index in [9.17, 15) is 0 Å². The van der Waals surface area contributed by atoms with Gasteiger partial charge in [-0.2, -0.15) is 0 Å². The third kappa shape index (κ3) is 3.37. The summed E-state index contributed by atoms with van der Waals surface area (Å²) in [6.45, 7) is 5.97. The van der Waals surface area contributed by atoms with E-state index in [0.29, 0.717) is 6.04 Å². The number of nitrogens with zero attached hydrogens (tertiary/aromatic N) is 1. The van der Waals surface area contributed by atoms with E-state index in [1.165, 1.54) is 44.3 Å². The smallest absolute Gasteiger partial charge is 0.0261 e. The van der Waals surface area contributed by atoms with Crippen LogP contribution in [-0.4, -0.2) is 36.6 Å². The topological polar surface area (TPSA) is 15.3 Å². The second kappa shape index (κ2) is 6.06. The fraction of sp³-hybridized carbons (Fsp3) is 0.647. The van der Waals surface area contributed by atoms with Crippen LogP contribution in [0.2, 0.25) is 0 Å². The molecule has 1 aromatic rings. The molecule has 1 aliphatic heterocycles. The normalized spacial score (nSPS) is 28.5. The lowest BCUT2D eigenvalue weighted by atomic mass is 9.99. The molecule has 1 aliphatic carbocycles. The minimum absolute atomic E-state index is 0.678. The van der Waals surface area contributed by atoms with Crippen molar-refractivity contribution >= 4 is 0 Å². The maximum atomic E-state index is 3.80. The molecule has 1 saturated heterocycles. The number of hydrogen-bond donors (Lipinski definition) is 1. The van der Waals surface area contributed by atoms with Crippen molar-refractivity contribution in [2.45, 2.75) is 44.7 Å². The highest BCUT2D eigenvalue weighted by molar-refractivity contribution is 5.16. The zero-order valence-corrected chi connectivity index (χ0v) is 12.0. The van der Waals surface area contributed by atoms with E-state index in [-0.39, 0.29) is 0 Å². The average Bonchev–Trinajstić information content (AvgIpc) is 3.27. The number of rotatable bonds is 5. The molecule has 0 spiro atoms. The van der Waals surface area contributed by atoms with Crippen molar-refractivity contribution in [1.82, 2.24) is 10.2 Å². The Labute approximate surface area is 117 Å². The van der Waals surface area contributed by atoms with E-state index in [1.54, 1.807) is 0 Å². The summed E-state index contributed by atoms with van der Waals surface area (Å²) in [4.78, 5) is 2.73. The monoisotopic (exact) mass is 258 g/mol. The summed E-state index contributed by atoms with van der Waals surface area (Å²) in [6, 6.07) is 12.4. The second-order valence-electron chi connectivity index (χ2n) is 6.19. The highest BCUT2D eigenvalue weighted by Crippen LogP contribution is 2.34. The van der Waals surface area contributed by atoms with Crippen LogP contribution in [0.15, 0.2) is 30.3 Å². The molecule has 104 valence electrons. The highest BCUT2D eigenvalue weighted by atomic mass is 15.2. The van der Waals surface area contributed by atoms with Gasteiger partial charge < -0.3 is 5.32 Å². The zero-order valence-electron chi connectivity index (χ0n) is 12.0. The molecule has 0 radical (unpaired) electrons. The number of benzene rings is 1. The number of piperazine rings is 1. The van der Waals surface area contributed by atoms with Gasteiger partial charge in [-0.1, -0.05) is 37.3 Å². The molecule has 2 unspecified atom stereocenters. The van der Waals surface area contributed by atoms with E-state index < -0.39 is 0 Å². The van der Waals surface area contributed by atoms with Crippen molar-refractivity contribution in [3.63, 3.8) is 0 Å². The Kier molecular flexibility index (Phi) is 4.19. The van der Waals surface area contributed by atoms with Crippen LogP contribution >= 0.6 is 0 Å². The van der Waals surface area contributed by atoms with Gasteiger partial charge in [-0.15, -0.1) is 0 Å². The molecule has 1 N–H and O–H groups in total. The van der Waals surface area contributed by atoms with Crippen LogP contribution in [-0.2, 0) is 6.42 Å². The lowest BCUT2D eigenvalue weighted by Crippen LogP contribution is -2.58. The molecule has 2 heteroatoms. The molecule has 2 nitrogen and oxygen atoms in total. The Bertz CT molecular complexity index is 386. The van der Waals surface area contributed by atoms with Crippen LogP contribution < -0.4 is 5.32 Å². The van der Waals surface area contributed by atoms with Crippen LogP contribution in [0, 0.1) is 5.92 Å². The maximum absolute atomic E-state index is 3.80. The van der Waals surface area contributed by atoms with Gasteiger partial charge in [0.2, 0.25) is 0 Å². The molecule has 1 aromatic carbocycles. The van der Waals surface area contributed by atoms with Crippen LogP contribution in [0.1, 0.15) is 31.7 Å². The van der Waals surface area contributed by atoms with Crippen molar-refractivity contribution in [1.29, 1.82) is 0 Å². The summed E-state index contributed by atoms with van der Waals surface area (Å²) in [6.07, 6.45) is 5.34. The predicted molar refractivity (Wildman–Crippen MR) is 80.3 cm³/mol. The van der Waals surface area contributed by atoms with Gasteiger partial charge in [0.25, 0.3) is 0 Å². The van der Waals surface area contributed by atoms with Crippen molar-refractivity contribution in [2.75, 3.05) is 19.6 Å². The molecule has 0 bridgehead atoms. The zero-order chi connectivity index (χ0) is 13.1. The molecule has 3 rings (SSSR count). The lowest BCUT2D eigenvalue weighted by Gasteiger charge is -2.40. The van der Waals surface area contributed by atoms with Crippen LogP contribution in [0.5, 0.6) is 0 Å². The number of nitrogens with one attached hydrogen (secondary N) is 1. The third-order valence-electron chi connectivity index (χ3n) is 4.58. The van der Waals surface area contributed by atoms with Gasteiger partial charge in [0.1, 0.15) is 0 Å². The molecule has 1 saturated carbocycles. The SMILES string of the molecule is CCCN1CC(C2CC2)NCC1Cc1ccccc1. The quantitative estimate of drug-likeness (QED) is 0.873. The summed E-state index contributed by atoms with van der Waals surface area (Å²) in [5.74, 6) is 0.969. The first-order valence-electron chi connectivity index (χ1n) is 7.88. The Morgan fingerprint density at radius 3 is 2.68 bits per heavy atom. The van der Waals surface area contributed by atoms with Gasteiger partial charge in [0, 0.05) is 25.2 Å². The molecule has 0 aromatic heterocycles. The molecule has 2 atom stereocenters. The van der Waals surface area contributed by atoms with Crippen LogP contribution in [0.4, 0.5) is 0 Å². The van der Waals surface area contributed by atoms with Gasteiger partial charge in [0.05, 0.1) is 0 Å². The Morgan fingerprint density at radius 1 is 1.21 bits per heavy atom. The minimum atomic E-state index is 0.678. The lowest BCUT2D eigenvalue weighted by molar-refractivity contribution is 0.122. The third-order valence-corrected chi connectivity index (χ3v) is 4.58. The van der Waals surface area contributed by atoms with Gasteiger partial charge in [-0.3, -0.25) is 4.90 Å². The first-order valence-corrected chi connectivity index (χ1v) is 7.88. The van der Waals surface area contributed by atoms with Gasteiger partial charge in [-0.25, -0.2) is 0 Å². The van der Waals surface area contributed by atoms with E-state index in [4.69, 9.17) is 0 Å². The molecule has 1 heterocycles. The Morgan fingerprint density at radius 2 is 2.00 bits per heavy atom. The molecule has 0 amide bonds. The summed E-state index contributed by atoms with van der Waals surface area (Å²) in [5, 5.41) is 3.80. The first-order chi connectivity index (χ1) is 9.36. The average molecular weight is 258 g/mol. The fourth-order valence-corrected chi connectivity index (χ4v) is 3.35. The van der Waals surface area contributed by atoms with E-state index in [1.807, 2.05) is 0 Å². The first kappa shape index (κ1) is 13.1. The molecule has 2 aliphatic rings. The van der Waals surface area contributed by atoms with Crippen molar-refractivity contribution in [3.8, 4) is 0 Å². The Balaban J connectivity index is 1.62. The predicted octanol–water partition coefficient (Wildman–Crippen LogP) is 2.69. The van der Waals surface area contributed by atoms with E-state index in [2.05, 4.69) is 47.5 Å². The van der Waals surface area contributed by atoms with Crippen molar-refractivity contribution in [2.24, 2.45) is 5.92 Å². The Hall–Kier alpha value is -0.860. The highest BCUT2D eigenvalue weighted by Gasteiger charge is 2.36.